The molecule has 8 nitrogen and oxygen atoms in total. The Bertz CT molecular complexity index is 1310. The van der Waals surface area contributed by atoms with Gasteiger partial charge in [-0.3, -0.25) is 9.59 Å². The maximum Gasteiger partial charge on any atom is 0.266 e. The van der Waals surface area contributed by atoms with Gasteiger partial charge in [-0.2, -0.15) is 9.57 Å². The van der Waals surface area contributed by atoms with Crippen LogP contribution in [0, 0.1) is 42.6 Å². The fourth-order valence-electron chi connectivity index (χ4n) is 3.83. The minimum absolute atomic E-state index is 0.00803. The number of nitrogens with one attached hydrogen (secondary N) is 1. The molecule has 1 fully saturated rings. The Kier molecular flexibility index (Phi) is 6.94. The van der Waals surface area contributed by atoms with Gasteiger partial charge in [0.05, 0.1) is 0 Å². The second kappa shape index (κ2) is 9.36. The average Bonchev–Trinajstić information content (AvgIpc) is 2.77. The molecular formula is C21H21F3N4O4S. The zero-order valence-electron chi connectivity index (χ0n) is 17.9. The molecule has 12 heteroatoms. The lowest BCUT2D eigenvalue weighted by atomic mass is 9.99. The molecule has 0 unspecified atom stereocenters. The lowest BCUT2D eigenvalue weighted by Crippen LogP contribution is -2.50. The van der Waals surface area contributed by atoms with Crippen molar-refractivity contribution in [2.24, 2.45) is 0 Å². The summed E-state index contributed by atoms with van der Waals surface area (Å²) in [6, 6.07) is 3.07. The molecule has 1 aromatic heterocycles. The monoisotopic (exact) mass is 482 g/mol. The summed E-state index contributed by atoms with van der Waals surface area (Å²) in [5.74, 6) is -5.39. The van der Waals surface area contributed by atoms with Crippen LogP contribution in [-0.2, 0) is 21.2 Å². The molecule has 1 N–H and O–H groups in total. The Hall–Kier alpha value is -3.17. The average molecular weight is 482 g/mol. The number of nitriles is 1. The highest BCUT2D eigenvalue weighted by Crippen LogP contribution is 2.24. The number of nitrogens with zero attached hydrogens (tertiary/aromatic N) is 3. The summed E-state index contributed by atoms with van der Waals surface area (Å²) in [6.45, 7) is 3.12. The fourth-order valence-corrected chi connectivity index (χ4v) is 5.31. The number of aryl methyl sites for hydroxylation is 1. The largest absolute Gasteiger partial charge is 0.340 e. The summed E-state index contributed by atoms with van der Waals surface area (Å²) in [4.78, 5) is 27.6. The van der Waals surface area contributed by atoms with Gasteiger partial charge in [0, 0.05) is 38.3 Å². The lowest BCUT2D eigenvalue weighted by molar-refractivity contribution is -0.132. The number of aromatic amines is 1. The number of halogens is 3. The molecule has 1 aliphatic heterocycles. The van der Waals surface area contributed by atoms with Crippen LogP contribution in [0.4, 0.5) is 13.2 Å². The number of H-pyrrole nitrogens is 1. The molecule has 1 saturated heterocycles. The highest BCUT2D eigenvalue weighted by molar-refractivity contribution is 7.89. The highest BCUT2D eigenvalue weighted by Gasteiger charge is 2.33. The first-order chi connectivity index (χ1) is 15.5. The molecule has 0 bridgehead atoms. The maximum atomic E-state index is 14.0. The fraction of sp³-hybridized carbons (Fsp3) is 0.381. The first kappa shape index (κ1) is 24.5. The van der Waals surface area contributed by atoms with E-state index < -0.39 is 37.9 Å². The van der Waals surface area contributed by atoms with Gasteiger partial charge in [0.2, 0.25) is 15.9 Å². The topological polar surface area (TPSA) is 114 Å². The molecule has 2 aromatic rings. The molecule has 2 heterocycles. The summed E-state index contributed by atoms with van der Waals surface area (Å²) < 4.78 is 66.9. The number of carbonyl (C=O) groups is 1. The van der Waals surface area contributed by atoms with Crippen molar-refractivity contribution >= 4 is 15.9 Å². The normalized spacial score (nSPS) is 14.8. The summed E-state index contributed by atoms with van der Waals surface area (Å²) in [5.41, 5.74) is 1.27. The summed E-state index contributed by atoms with van der Waals surface area (Å²) in [6.07, 6.45) is 0.351. The molecule has 1 amide bonds. The van der Waals surface area contributed by atoms with E-state index in [1.54, 1.807) is 13.8 Å². The summed E-state index contributed by atoms with van der Waals surface area (Å²) in [5, 5.41) is 9.15. The molecule has 3 rings (SSSR count). The van der Waals surface area contributed by atoms with Crippen LogP contribution >= 0.6 is 0 Å². The Morgan fingerprint density at radius 2 is 1.76 bits per heavy atom. The van der Waals surface area contributed by atoms with Gasteiger partial charge in [0.15, 0.2) is 17.5 Å². The van der Waals surface area contributed by atoms with Crippen molar-refractivity contribution in [1.29, 1.82) is 5.26 Å². The molecule has 1 aliphatic rings. The highest BCUT2D eigenvalue weighted by atomic mass is 32.2. The number of sulfonamides is 1. The van der Waals surface area contributed by atoms with Gasteiger partial charge in [0.1, 0.15) is 16.5 Å². The van der Waals surface area contributed by atoms with E-state index >= 15 is 0 Å². The van der Waals surface area contributed by atoms with Gasteiger partial charge < -0.3 is 9.88 Å². The van der Waals surface area contributed by atoms with Crippen LogP contribution in [0.5, 0.6) is 0 Å². The van der Waals surface area contributed by atoms with E-state index in [9.17, 15) is 31.2 Å². The van der Waals surface area contributed by atoms with E-state index in [0.29, 0.717) is 29.0 Å². The number of carbonyl (C=O) groups excluding carboxylic acids is 1. The van der Waals surface area contributed by atoms with Gasteiger partial charge in [-0.05, 0) is 43.5 Å². The van der Waals surface area contributed by atoms with Crippen LogP contribution < -0.4 is 5.56 Å². The van der Waals surface area contributed by atoms with Crippen LogP contribution in [0.15, 0.2) is 21.8 Å². The van der Waals surface area contributed by atoms with Crippen molar-refractivity contribution in [3.8, 4) is 6.07 Å². The van der Waals surface area contributed by atoms with Gasteiger partial charge in [-0.25, -0.2) is 21.6 Å². The Labute approximate surface area is 188 Å². The molecule has 0 spiro atoms. The second-order valence-electron chi connectivity index (χ2n) is 7.63. The molecule has 0 saturated carbocycles. The van der Waals surface area contributed by atoms with Crippen molar-refractivity contribution < 1.29 is 26.4 Å². The van der Waals surface area contributed by atoms with E-state index in [0.717, 1.165) is 4.31 Å². The molecule has 0 atom stereocenters. The summed E-state index contributed by atoms with van der Waals surface area (Å²) in [7, 11) is -4.41. The second-order valence-corrected chi connectivity index (χ2v) is 9.53. The lowest BCUT2D eigenvalue weighted by Gasteiger charge is -2.34. The van der Waals surface area contributed by atoms with E-state index in [1.807, 2.05) is 6.07 Å². The van der Waals surface area contributed by atoms with Gasteiger partial charge in [-0.15, -0.1) is 0 Å². The van der Waals surface area contributed by atoms with Gasteiger partial charge in [0.25, 0.3) is 5.56 Å². The number of benzene rings is 1. The number of hydrogen-bond donors (Lipinski definition) is 1. The quantitative estimate of drug-likeness (QED) is 0.653. The summed E-state index contributed by atoms with van der Waals surface area (Å²) >= 11 is 0. The molecule has 0 aliphatic carbocycles. The van der Waals surface area contributed by atoms with Crippen molar-refractivity contribution in [2.75, 3.05) is 26.2 Å². The van der Waals surface area contributed by atoms with Crippen LogP contribution in [0.25, 0.3) is 0 Å². The Balaban J connectivity index is 1.66. The van der Waals surface area contributed by atoms with Crippen LogP contribution in [0.3, 0.4) is 0 Å². The number of pyridine rings is 1. The first-order valence-corrected chi connectivity index (χ1v) is 11.5. The van der Waals surface area contributed by atoms with Crippen molar-refractivity contribution in [1.82, 2.24) is 14.2 Å². The van der Waals surface area contributed by atoms with E-state index in [-0.39, 0.29) is 50.5 Å². The predicted molar refractivity (Wildman–Crippen MR) is 111 cm³/mol. The first-order valence-electron chi connectivity index (χ1n) is 10.0. The van der Waals surface area contributed by atoms with Crippen molar-refractivity contribution in [3.63, 3.8) is 0 Å². The molecular weight excluding hydrogens is 461 g/mol. The van der Waals surface area contributed by atoms with Crippen LogP contribution in [0.2, 0.25) is 0 Å². The van der Waals surface area contributed by atoms with Crippen molar-refractivity contribution in [2.45, 2.75) is 31.6 Å². The standard InChI is InChI=1S/C21H21F3N4O4S/c1-12-14(13(2)26-21(30)15(12)11-25)3-6-18(29)27-7-9-28(10-8-27)33(31,32)17-5-4-16(22)19(23)20(17)24/h4-5H,3,6-10H2,1-2H3,(H,26,30). The number of aromatic nitrogens is 1. The minimum atomic E-state index is -4.41. The number of amides is 1. The third kappa shape index (κ3) is 4.65. The predicted octanol–water partition coefficient (Wildman–Crippen LogP) is 1.75. The van der Waals surface area contributed by atoms with Gasteiger partial charge in [-0.1, -0.05) is 0 Å². The SMILES string of the molecule is Cc1[nH]c(=O)c(C#N)c(C)c1CCC(=O)N1CCN(S(=O)(=O)c2ccc(F)c(F)c2F)CC1. The third-order valence-corrected chi connectivity index (χ3v) is 7.63. The van der Waals surface area contributed by atoms with Crippen molar-refractivity contribution in [3.05, 3.63) is 62.3 Å². The van der Waals surface area contributed by atoms with E-state index in [2.05, 4.69) is 4.98 Å². The number of piperazine rings is 1. The Morgan fingerprint density at radius 1 is 1.12 bits per heavy atom. The Morgan fingerprint density at radius 3 is 2.36 bits per heavy atom. The smallest absolute Gasteiger partial charge is 0.266 e. The van der Waals surface area contributed by atoms with E-state index in [1.165, 1.54) is 4.90 Å². The molecule has 0 radical (unpaired) electrons. The minimum Gasteiger partial charge on any atom is -0.340 e. The number of hydrogen-bond acceptors (Lipinski definition) is 5. The molecule has 176 valence electrons. The van der Waals surface area contributed by atoms with Crippen LogP contribution in [0.1, 0.15) is 28.8 Å². The third-order valence-electron chi connectivity index (χ3n) is 5.72. The van der Waals surface area contributed by atoms with Gasteiger partial charge >= 0.3 is 0 Å². The molecule has 33 heavy (non-hydrogen) atoms. The molecule has 1 aromatic carbocycles. The van der Waals surface area contributed by atoms with Crippen LogP contribution in [-0.4, -0.2) is 54.7 Å². The van der Waals surface area contributed by atoms with E-state index in [4.69, 9.17) is 5.26 Å². The zero-order chi connectivity index (χ0) is 24.5. The zero-order valence-corrected chi connectivity index (χ0v) is 18.7. The maximum absolute atomic E-state index is 14.0. The number of rotatable bonds is 5.